The third kappa shape index (κ3) is 3.70. The van der Waals surface area contributed by atoms with Crippen LogP contribution in [0.2, 0.25) is 0 Å². The van der Waals surface area contributed by atoms with Gasteiger partial charge in [0.15, 0.2) is 0 Å². The van der Waals surface area contributed by atoms with Crippen LogP contribution in [0.1, 0.15) is 45.1 Å². The number of ether oxygens (including phenoxy) is 1. The highest BCUT2D eigenvalue weighted by Gasteiger charge is 2.23. The molecule has 100 valence electrons. The minimum Gasteiger partial charge on any atom is -0.474 e. The summed E-state index contributed by atoms with van der Waals surface area (Å²) in [6.07, 6.45) is 7.26. The quantitative estimate of drug-likeness (QED) is 0.869. The first-order valence-corrected chi connectivity index (χ1v) is 7.12. The van der Waals surface area contributed by atoms with Crippen molar-refractivity contribution in [2.24, 2.45) is 5.92 Å². The molecule has 2 unspecified atom stereocenters. The van der Waals surface area contributed by atoms with E-state index in [9.17, 15) is 0 Å². The molecule has 1 fully saturated rings. The van der Waals surface area contributed by atoms with E-state index in [1.54, 1.807) is 0 Å². The highest BCUT2D eigenvalue weighted by atomic mass is 16.5. The topological polar surface area (TPSA) is 34.2 Å². The lowest BCUT2D eigenvalue weighted by Crippen LogP contribution is -2.28. The number of nitrogens with zero attached hydrogens (tertiary/aromatic N) is 1. The van der Waals surface area contributed by atoms with E-state index in [0.29, 0.717) is 12.0 Å². The van der Waals surface area contributed by atoms with E-state index in [4.69, 9.17) is 4.74 Å². The summed E-state index contributed by atoms with van der Waals surface area (Å²) in [4.78, 5) is 4.33. The molecular weight excluding hydrogens is 224 g/mol. The number of nitrogens with one attached hydrogen (secondary N) is 1. The van der Waals surface area contributed by atoms with Crippen molar-refractivity contribution >= 4 is 0 Å². The lowest BCUT2D eigenvalue weighted by atomic mass is 9.88. The summed E-state index contributed by atoms with van der Waals surface area (Å²) in [6, 6.07) is 4.10. The van der Waals surface area contributed by atoms with Gasteiger partial charge < -0.3 is 10.1 Å². The van der Waals surface area contributed by atoms with E-state index in [1.807, 2.05) is 12.3 Å². The molecule has 3 nitrogen and oxygen atoms in total. The van der Waals surface area contributed by atoms with Gasteiger partial charge in [0.2, 0.25) is 5.88 Å². The molecule has 1 aromatic heterocycles. The fourth-order valence-corrected chi connectivity index (χ4v) is 2.51. The molecule has 2 atom stereocenters. The van der Waals surface area contributed by atoms with Crippen LogP contribution in [0, 0.1) is 5.92 Å². The second-order valence-corrected chi connectivity index (χ2v) is 5.20. The normalized spacial score (nSPS) is 23.9. The predicted molar refractivity (Wildman–Crippen MR) is 73.7 cm³/mol. The van der Waals surface area contributed by atoms with E-state index in [0.717, 1.165) is 19.0 Å². The zero-order valence-electron chi connectivity index (χ0n) is 11.5. The Morgan fingerprint density at radius 3 is 3.00 bits per heavy atom. The molecule has 1 aliphatic rings. The Labute approximate surface area is 110 Å². The molecule has 3 heteroatoms. The summed E-state index contributed by atoms with van der Waals surface area (Å²) in [6.45, 7) is 6.27. The molecule has 1 heterocycles. The summed E-state index contributed by atoms with van der Waals surface area (Å²) in [5, 5.41) is 3.32. The van der Waals surface area contributed by atoms with Gasteiger partial charge in [-0.15, -0.1) is 0 Å². The van der Waals surface area contributed by atoms with Gasteiger partial charge in [0.25, 0.3) is 0 Å². The Morgan fingerprint density at radius 2 is 2.22 bits per heavy atom. The first kappa shape index (κ1) is 13.3. The van der Waals surface area contributed by atoms with Crippen LogP contribution in [0.3, 0.4) is 0 Å². The molecule has 1 aliphatic carbocycles. The number of pyridine rings is 1. The van der Waals surface area contributed by atoms with Crippen LogP contribution in [0.4, 0.5) is 0 Å². The molecular formula is C15H24N2O. The molecule has 0 aromatic carbocycles. The fourth-order valence-electron chi connectivity index (χ4n) is 2.51. The lowest BCUT2D eigenvalue weighted by Gasteiger charge is -2.28. The van der Waals surface area contributed by atoms with Crippen molar-refractivity contribution in [2.75, 3.05) is 6.54 Å². The average molecular weight is 248 g/mol. The minimum absolute atomic E-state index is 0.348. The van der Waals surface area contributed by atoms with E-state index in [-0.39, 0.29) is 0 Å². The number of hydrogen-bond acceptors (Lipinski definition) is 3. The second-order valence-electron chi connectivity index (χ2n) is 5.20. The smallest absolute Gasteiger partial charge is 0.213 e. The van der Waals surface area contributed by atoms with Gasteiger partial charge in [-0.25, -0.2) is 4.98 Å². The highest BCUT2D eigenvalue weighted by Crippen LogP contribution is 2.27. The van der Waals surface area contributed by atoms with Crippen molar-refractivity contribution in [2.45, 2.75) is 52.2 Å². The molecule has 0 saturated heterocycles. The zero-order valence-corrected chi connectivity index (χ0v) is 11.5. The van der Waals surface area contributed by atoms with Gasteiger partial charge in [-0.3, -0.25) is 0 Å². The summed E-state index contributed by atoms with van der Waals surface area (Å²) in [7, 11) is 0. The van der Waals surface area contributed by atoms with Crippen molar-refractivity contribution in [1.29, 1.82) is 0 Å². The van der Waals surface area contributed by atoms with Crippen molar-refractivity contribution in [3.8, 4) is 5.88 Å². The monoisotopic (exact) mass is 248 g/mol. The maximum atomic E-state index is 6.05. The Morgan fingerprint density at radius 1 is 1.39 bits per heavy atom. The van der Waals surface area contributed by atoms with E-state index >= 15 is 0 Å². The first-order chi connectivity index (χ1) is 8.79. The Bertz CT molecular complexity index is 367. The van der Waals surface area contributed by atoms with Gasteiger partial charge in [-0.2, -0.15) is 0 Å². The highest BCUT2D eigenvalue weighted by molar-refractivity contribution is 5.20. The maximum absolute atomic E-state index is 6.05. The summed E-state index contributed by atoms with van der Waals surface area (Å²) < 4.78 is 6.05. The number of hydrogen-bond donors (Lipinski definition) is 1. The van der Waals surface area contributed by atoms with Crippen LogP contribution in [0.5, 0.6) is 5.88 Å². The van der Waals surface area contributed by atoms with Crippen molar-refractivity contribution < 1.29 is 4.74 Å². The van der Waals surface area contributed by atoms with Crippen molar-refractivity contribution in [3.63, 3.8) is 0 Å². The van der Waals surface area contributed by atoms with Crippen LogP contribution >= 0.6 is 0 Å². The Kier molecular flexibility index (Phi) is 5.00. The van der Waals surface area contributed by atoms with Gasteiger partial charge in [0.05, 0.1) is 0 Å². The van der Waals surface area contributed by atoms with E-state index < -0.39 is 0 Å². The maximum Gasteiger partial charge on any atom is 0.213 e. The van der Waals surface area contributed by atoms with Crippen molar-refractivity contribution in [1.82, 2.24) is 10.3 Å². The van der Waals surface area contributed by atoms with E-state index in [2.05, 4.69) is 30.2 Å². The van der Waals surface area contributed by atoms with Crippen LogP contribution in [-0.2, 0) is 6.54 Å². The standard InChI is InChI=1S/C15H24N2O/c1-3-16-11-13-8-9-17-15(10-13)18-14-7-5-4-6-12(14)2/h8-10,12,14,16H,3-7,11H2,1-2H3. The largest absolute Gasteiger partial charge is 0.474 e. The second kappa shape index (κ2) is 6.74. The molecule has 0 spiro atoms. The predicted octanol–water partition coefficient (Wildman–Crippen LogP) is 3.15. The molecule has 1 aromatic rings. The summed E-state index contributed by atoms with van der Waals surface area (Å²) in [5.74, 6) is 1.43. The SMILES string of the molecule is CCNCc1ccnc(OC2CCCCC2C)c1. The van der Waals surface area contributed by atoms with Crippen LogP contribution in [-0.4, -0.2) is 17.6 Å². The fraction of sp³-hybridized carbons (Fsp3) is 0.667. The Balaban J connectivity index is 1.95. The Hall–Kier alpha value is -1.09. The van der Waals surface area contributed by atoms with Gasteiger partial charge in [-0.05, 0) is 43.4 Å². The van der Waals surface area contributed by atoms with E-state index in [1.165, 1.54) is 31.2 Å². The molecule has 1 saturated carbocycles. The van der Waals surface area contributed by atoms with Gasteiger partial charge in [0, 0.05) is 18.8 Å². The lowest BCUT2D eigenvalue weighted by molar-refractivity contribution is 0.0975. The molecule has 0 aliphatic heterocycles. The van der Waals surface area contributed by atoms with Crippen LogP contribution in [0.15, 0.2) is 18.3 Å². The van der Waals surface area contributed by atoms with Crippen molar-refractivity contribution in [3.05, 3.63) is 23.9 Å². The third-order valence-electron chi connectivity index (χ3n) is 3.68. The average Bonchev–Trinajstić information content (AvgIpc) is 2.40. The zero-order chi connectivity index (χ0) is 12.8. The molecule has 0 bridgehead atoms. The summed E-state index contributed by atoms with van der Waals surface area (Å²) >= 11 is 0. The van der Waals surface area contributed by atoms with Gasteiger partial charge >= 0.3 is 0 Å². The number of rotatable bonds is 5. The molecule has 18 heavy (non-hydrogen) atoms. The summed E-state index contributed by atoms with van der Waals surface area (Å²) in [5.41, 5.74) is 1.24. The van der Waals surface area contributed by atoms with Crippen LogP contribution < -0.4 is 10.1 Å². The van der Waals surface area contributed by atoms with Gasteiger partial charge in [0.1, 0.15) is 6.10 Å². The molecule has 0 amide bonds. The minimum atomic E-state index is 0.348. The molecule has 2 rings (SSSR count). The first-order valence-electron chi connectivity index (χ1n) is 7.12. The molecule has 0 radical (unpaired) electrons. The van der Waals surface area contributed by atoms with Crippen LogP contribution in [0.25, 0.3) is 0 Å². The third-order valence-corrected chi connectivity index (χ3v) is 3.68. The molecule has 1 N–H and O–H groups in total. The number of aromatic nitrogens is 1. The van der Waals surface area contributed by atoms with Gasteiger partial charge in [-0.1, -0.05) is 20.3 Å².